The predicted molar refractivity (Wildman–Crippen MR) is 161 cm³/mol. The van der Waals surface area contributed by atoms with Crippen LogP contribution in [-0.4, -0.2) is 42.2 Å². The Morgan fingerprint density at radius 1 is 1.02 bits per heavy atom. The van der Waals surface area contributed by atoms with Gasteiger partial charge in [0.2, 0.25) is 11.7 Å². The molecule has 43 heavy (non-hydrogen) atoms. The summed E-state index contributed by atoms with van der Waals surface area (Å²) in [5, 5.41) is 3.77. The number of rotatable bonds is 8. The van der Waals surface area contributed by atoms with Crippen LogP contribution >= 0.6 is 23.2 Å². The summed E-state index contributed by atoms with van der Waals surface area (Å²) >= 11 is 11.9. The van der Waals surface area contributed by atoms with Crippen LogP contribution in [0, 0.1) is 23.7 Å². The predicted octanol–water partition coefficient (Wildman–Crippen LogP) is 6.73. The van der Waals surface area contributed by atoms with E-state index in [1.165, 1.54) is 6.08 Å². The van der Waals surface area contributed by atoms with Gasteiger partial charge in [-0.2, -0.15) is 0 Å². The lowest BCUT2D eigenvalue weighted by molar-refractivity contribution is -0.571. The summed E-state index contributed by atoms with van der Waals surface area (Å²) in [6, 6.07) is 12.4. The number of halogens is 2. The van der Waals surface area contributed by atoms with Crippen molar-refractivity contribution in [2.75, 3.05) is 6.61 Å². The lowest BCUT2D eigenvalue weighted by Gasteiger charge is -2.60. The molecule has 4 aliphatic heterocycles. The molecule has 4 heterocycles. The van der Waals surface area contributed by atoms with Gasteiger partial charge in [-0.1, -0.05) is 67.4 Å². The molecule has 8 nitrogen and oxygen atoms in total. The first-order chi connectivity index (χ1) is 20.6. The molecular formula is C33H37Cl2NO7. The highest BCUT2D eigenvalue weighted by molar-refractivity contribution is 6.42. The number of carbonyl (C=O) groups excluding carboxylic acids is 2. The van der Waals surface area contributed by atoms with Gasteiger partial charge in [0.1, 0.15) is 12.8 Å². The number of nitrogens with one attached hydrogen (secondary N) is 1. The number of fused-ring (bicyclic) bond motifs is 2. The molecule has 1 N–H and O–H groups in total. The lowest BCUT2D eigenvalue weighted by Crippen LogP contribution is -2.72. The van der Waals surface area contributed by atoms with Crippen molar-refractivity contribution >= 4 is 41.0 Å². The largest absolute Gasteiger partial charge is 0.367 e. The quantitative estimate of drug-likeness (QED) is 0.197. The molecule has 1 aliphatic carbocycles. The molecular weight excluding hydrogens is 593 g/mol. The number of hydrogen-bond donors (Lipinski definition) is 1. The van der Waals surface area contributed by atoms with Crippen molar-refractivity contribution in [1.29, 1.82) is 0 Å². The van der Waals surface area contributed by atoms with Gasteiger partial charge in [-0.3, -0.25) is 9.59 Å². The van der Waals surface area contributed by atoms with E-state index in [4.69, 9.17) is 47.2 Å². The van der Waals surface area contributed by atoms with Crippen molar-refractivity contribution in [3.63, 3.8) is 0 Å². The molecule has 2 aromatic rings. The molecule has 0 unspecified atom stereocenters. The summed E-state index contributed by atoms with van der Waals surface area (Å²) in [5.74, 6) is -0.397. The maximum Gasteiger partial charge on any atom is 0.248 e. The Labute approximate surface area is 261 Å². The molecule has 2 bridgehead atoms. The third-order valence-corrected chi connectivity index (χ3v) is 10.3. The number of hydrogen-bond acceptors (Lipinski definition) is 7. The van der Waals surface area contributed by atoms with Gasteiger partial charge in [0, 0.05) is 23.8 Å². The lowest BCUT2D eigenvalue weighted by atomic mass is 9.58. The van der Waals surface area contributed by atoms with E-state index in [1.54, 1.807) is 24.3 Å². The van der Waals surface area contributed by atoms with Crippen LogP contribution < -0.4 is 5.32 Å². The van der Waals surface area contributed by atoms with E-state index in [-0.39, 0.29) is 42.7 Å². The minimum atomic E-state index is -0.859. The van der Waals surface area contributed by atoms with Gasteiger partial charge in [-0.15, -0.1) is 0 Å². The van der Waals surface area contributed by atoms with Crippen LogP contribution in [0.3, 0.4) is 0 Å². The van der Waals surface area contributed by atoms with Crippen molar-refractivity contribution in [1.82, 2.24) is 5.32 Å². The zero-order valence-corrected chi connectivity index (χ0v) is 26.0. The molecule has 1 saturated carbocycles. The van der Waals surface area contributed by atoms with E-state index in [0.717, 1.165) is 36.8 Å². The van der Waals surface area contributed by atoms with E-state index >= 15 is 0 Å². The van der Waals surface area contributed by atoms with Crippen LogP contribution in [0.15, 0.2) is 48.5 Å². The fraction of sp³-hybridized carbons (Fsp3) is 0.515. The summed E-state index contributed by atoms with van der Waals surface area (Å²) in [7, 11) is 0. The molecule has 4 saturated heterocycles. The van der Waals surface area contributed by atoms with Crippen LogP contribution in [0.4, 0.5) is 0 Å². The van der Waals surface area contributed by atoms with E-state index in [2.05, 4.69) is 19.2 Å². The van der Waals surface area contributed by atoms with Gasteiger partial charge >= 0.3 is 0 Å². The molecule has 5 fully saturated rings. The van der Waals surface area contributed by atoms with Gasteiger partial charge in [0.25, 0.3) is 0 Å². The Morgan fingerprint density at radius 2 is 1.81 bits per heavy atom. The third kappa shape index (κ3) is 6.03. The van der Waals surface area contributed by atoms with Crippen molar-refractivity contribution < 1.29 is 33.6 Å². The van der Waals surface area contributed by atoms with Crippen molar-refractivity contribution in [2.24, 2.45) is 23.7 Å². The zero-order valence-electron chi connectivity index (χ0n) is 24.5. The first-order valence-corrected chi connectivity index (χ1v) is 15.7. The molecule has 7 rings (SSSR count). The van der Waals surface area contributed by atoms with E-state index in [1.807, 2.05) is 31.2 Å². The van der Waals surface area contributed by atoms with Crippen LogP contribution in [0.25, 0.3) is 6.08 Å². The highest BCUT2D eigenvalue weighted by Gasteiger charge is 2.69. The van der Waals surface area contributed by atoms with E-state index in [0.29, 0.717) is 21.5 Å². The molecule has 5 aliphatic rings. The van der Waals surface area contributed by atoms with Crippen LogP contribution in [0.2, 0.25) is 10.0 Å². The Kier molecular flexibility index (Phi) is 8.74. The maximum atomic E-state index is 12.9. The van der Waals surface area contributed by atoms with Crippen LogP contribution in [0.1, 0.15) is 67.9 Å². The number of amides is 1. The molecule has 10 heteroatoms. The van der Waals surface area contributed by atoms with Gasteiger partial charge in [0.05, 0.1) is 16.7 Å². The first-order valence-electron chi connectivity index (χ1n) is 14.9. The fourth-order valence-electron chi connectivity index (χ4n) is 7.17. The molecule has 2 aromatic carbocycles. The first kappa shape index (κ1) is 30.7. The summed E-state index contributed by atoms with van der Waals surface area (Å²) in [6.45, 7) is 6.42. The highest BCUT2D eigenvalue weighted by Crippen LogP contribution is 2.60. The molecule has 0 aromatic heterocycles. The standard InChI is InChI=1S/C33H37Cl2NO7/c1-19-4-11-25-20(2)30(40-31-33(25)24(19)14-15-32(3,41-31)42-43-33)36-29(38)18-39-17-22-7-5-21(6-8-22)9-13-28(37)23-10-12-26(34)27(35)16-23/h5-10,12-13,16,19-20,24-25,30-31H,4,11,14-15,17-18H2,1-3H3,(H,36,38)/b13-9+/t19-,20-,24+,25+,30+,31-,32-,33-/m1/s1. The number of ether oxygens (including phenoxy) is 3. The number of ketones is 1. The van der Waals surface area contributed by atoms with Gasteiger partial charge in [-0.05, 0) is 73.4 Å². The van der Waals surface area contributed by atoms with Crippen molar-refractivity contribution in [2.45, 2.75) is 77.0 Å². The highest BCUT2D eigenvalue weighted by atomic mass is 35.5. The Bertz CT molecular complexity index is 1400. The van der Waals surface area contributed by atoms with E-state index < -0.39 is 23.9 Å². The molecule has 230 valence electrons. The molecule has 1 spiro atoms. The third-order valence-electron chi connectivity index (χ3n) is 9.57. The van der Waals surface area contributed by atoms with Crippen molar-refractivity contribution in [3.8, 4) is 0 Å². The number of allylic oxidation sites excluding steroid dienone is 1. The second kappa shape index (κ2) is 12.2. The van der Waals surface area contributed by atoms with Crippen LogP contribution in [0.5, 0.6) is 0 Å². The number of carbonyl (C=O) groups is 2. The summed E-state index contributed by atoms with van der Waals surface area (Å²) in [4.78, 5) is 37.4. The Morgan fingerprint density at radius 3 is 2.58 bits per heavy atom. The summed E-state index contributed by atoms with van der Waals surface area (Å²) in [6.07, 6.45) is 5.85. The average Bonchev–Trinajstić information content (AvgIpc) is 3.22. The second-order valence-corrected chi connectivity index (χ2v) is 13.3. The van der Waals surface area contributed by atoms with Crippen LogP contribution in [-0.2, 0) is 35.4 Å². The van der Waals surface area contributed by atoms with Gasteiger partial charge < -0.3 is 19.5 Å². The fourth-order valence-corrected chi connectivity index (χ4v) is 7.47. The minimum absolute atomic E-state index is 0.00835. The van der Waals surface area contributed by atoms with E-state index in [9.17, 15) is 9.59 Å². The van der Waals surface area contributed by atoms with Crippen molar-refractivity contribution in [3.05, 3.63) is 75.3 Å². The molecule has 0 radical (unpaired) electrons. The molecule has 1 amide bonds. The molecule has 8 atom stereocenters. The van der Waals surface area contributed by atoms with Gasteiger partial charge in [0.15, 0.2) is 17.7 Å². The monoisotopic (exact) mass is 629 g/mol. The van der Waals surface area contributed by atoms with Gasteiger partial charge in [-0.25, -0.2) is 9.78 Å². The average molecular weight is 631 g/mol. The zero-order chi connectivity index (χ0) is 30.4. The SMILES string of the molecule is C[C@H]1[C@@H](NC(=O)COCc2ccc(/C=C/C(=O)c3ccc(Cl)c(Cl)c3)cc2)O[C@@H]2O[C@@]3(C)CC[C@H]4[C@H](C)CC[C@@H]1[C@@]24OO3. The Hall–Kier alpha value is -2.30. The Balaban J connectivity index is 1.01. The summed E-state index contributed by atoms with van der Waals surface area (Å²) < 4.78 is 18.5. The number of benzene rings is 2. The minimum Gasteiger partial charge on any atom is -0.367 e. The topological polar surface area (TPSA) is 92.3 Å². The smallest absolute Gasteiger partial charge is 0.248 e. The normalized spacial score (nSPS) is 34.9. The maximum absolute atomic E-state index is 12.9. The second-order valence-electron chi connectivity index (χ2n) is 12.5. The summed E-state index contributed by atoms with van der Waals surface area (Å²) in [5.41, 5.74) is 1.56.